The molecule has 5 heteroatoms. The van der Waals surface area contributed by atoms with Crippen LogP contribution in [-0.2, 0) is 14.3 Å². The van der Waals surface area contributed by atoms with E-state index in [9.17, 15) is 9.59 Å². The number of rotatable bonds is 5. The van der Waals surface area contributed by atoms with Gasteiger partial charge in [-0.1, -0.05) is 41.5 Å². The molecule has 21 heavy (non-hydrogen) atoms. The predicted octanol–water partition coefficient (Wildman–Crippen LogP) is 1.67. The van der Waals surface area contributed by atoms with Gasteiger partial charge in [-0.15, -0.1) is 0 Å². The van der Waals surface area contributed by atoms with Crippen molar-refractivity contribution < 1.29 is 14.3 Å². The van der Waals surface area contributed by atoms with Crippen molar-refractivity contribution in [1.82, 2.24) is 10.2 Å². The summed E-state index contributed by atoms with van der Waals surface area (Å²) in [6, 6.07) is -0.856. The van der Waals surface area contributed by atoms with E-state index in [0.29, 0.717) is 13.2 Å². The van der Waals surface area contributed by atoms with Crippen molar-refractivity contribution in [2.24, 2.45) is 17.3 Å². The quantitative estimate of drug-likeness (QED) is 0.840. The molecule has 5 nitrogen and oxygen atoms in total. The highest BCUT2D eigenvalue weighted by Gasteiger charge is 2.46. The molecule has 0 aromatic heterocycles. The molecular formula is C16H30N2O3. The lowest BCUT2D eigenvalue weighted by Crippen LogP contribution is -2.68. The Morgan fingerprint density at radius 1 is 1.24 bits per heavy atom. The number of nitrogens with one attached hydrogen (secondary N) is 1. The zero-order valence-corrected chi connectivity index (χ0v) is 14.4. The van der Waals surface area contributed by atoms with Crippen LogP contribution >= 0.6 is 0 Å². The molecule has 1 aliphatic rings. The lowest BCUT2D eigenvalue weighted by atomic mass is 9.82. The van der Waals surface area contributed by atoms with Crippen molar-refractivity contribution in [2.75, 3.05) is 20.3 Å². The van der Waals surface area contributed by atoms with Gasteiger partial charge < -0.3 is 15.0 Å². The molecule has 0 radical (unpaired) electrons. The Kier molecular flexibility index (Phi) is 5.79. The fourth-order valence-corrected chi connectivity index (χ4v) is 2.86. The first-order chi connectivity index (χ1) is 9.59. The van der Waals surface area contributed by atoms with Gasteiger partial charge in [-0.2, -0.15) is 0 Å². The molecule has 0 aliphatic carbocycles. The highest BCUT2D eigenvalue weighted by atomic mass is 16.5. The van der Waals surface area contributed by atoms with Gasteiger partial charge in [0.25, 0.3) is 0 Å². The standard InChI is InChI=1S/C16H30N2O3/c1-10(2)12-14(19)17-13(16(4,5)6)15(20)18(12)8-11(3)9-21-7/h10-13H,8-9H2,1-7H3,(H,17,19). The number of piperazine rings is 1. The summed E-state index contributed by atoms with van der Waals surface area (Å²) < 4.78 is 5.16. The van der Waals surface area contributed by atoms with E-state index in [1.54, 1.807) is 12.0 Å². The molecule has 1 aliphatic heterocycles. The Hall–Kier alpha value is -1.10. The second-order valence-corrected chi connectivity index (χ2v) is 7.55. The second kappa shape index (κ2) is 6.77. The van der Waals surface area contributed by atoms with E-state index >= 15 is 0 Å². The van der Waals surface area contributed by atoms with Gasteiger partial charge in [-0.25, -0.2) is 0 Å². The predicted molar refractivity (Wildman–Crippen MR) is 82.8 cm³/mol. The Bertz CT molecular complexity index is 387. The summed E-state index contributed by atoms with van der Waals surface area (Å²) in [5.41, 5.74) is -0.294. The molecule has 1 rings (SSSR count). The minimum absolute atomic E-state index is 0.0174. The van der Waals surface area contributed by atoms with Crippen LogP contribution < -0.4 is 5.32 Å². The maximum Gasteiger partial charge on any atom is 0.246 e. The third kappa shape index (κ3) is 4.19. The van der Waals surface area contributed by atoms with Gasteiger partial charge in [-0.05, 0) is 17.3 Å². The largest absolute Gasteiger partial charge is 0.384 e. The average molecular weight is 298 g/mol. The summed E-state index contributed by atoms with van der Waals surface area (Å²) >= 11 is 0. The van der Waals surface area contributed by atoms with Crippen molar-refractivity contribution in [3.8, 4) is 0 Å². The highest BCUT2D eigenvalue weighted by molar-refractivity contribution is 5.97. The number of hydrogen-bond donors (Lipinski definition) is 1. The number of ether oxygens (including phenoxy) is 1. The molecule has 3 unspecified atom stereocenters. The van der Waals surface area contributed by atoms with E-state index in [-0.39, 0.29) is 29.1 Å². The van der Waals surface area contributed by atoms with Crippen molar-refractivity contribution in [1.29, 1.82) is 0 Å². The average Bonchev–Trinajstić information content (AvgIpc) is 2.31. The Morgan fingerprint density at radius 3 is 2.24 bits per heavy atom. The minimum Gasteiger partial charge on any atom is -0.384 e. The van der Waals surface area contributed by atoms with Crippen LogP contribution in [-0.4, -0.2) is 49.1 Å². The van der Waals surface area contributed by atoms with Crippen LogP contribution in [0, 0.1) is 17.3 Å². The first-order valence-electron chi connectivity index (χ1n) is 7.69. The van der Waals surface area contributed by atoms with E-state index in [2.05, 4.69) is 5.32 Å². The van der Waals surface area contributed by atoms with Crippen LogP contribution in [0.1, 0.15) is 41.5 Å². The summed E-state index contributed by atoms with van der Waals surface area (Å²) in [4.78, 5) is 27.0. The van der Waals surface area contributed by atoms with E-state index in [1.165, 1.54) is 0 Å². The number of carbonyl (C=O) groups excluding carboxylic acids is 2. The molecule has 1 heterocycles. The first-order valence-corrected chi connectivity index (χ1v) is 7.69. The summed E-state index contributed by atoms with van der Waals surface area (Å²) in [5, 5.41) is 2.91. The molecule has 0 bridgehead atoms. The zero-order chi connectivity index (χ0) is 16.4. The van der Waals surface area contributed by atoms with Crippen molar-refractivity contribution >= 4 is 11.8 Å². The van der Waals surface area contributed by atoms with Crippen molar-refractivity contribution in [3.05, 3.63) is 0 Å². The Balaban J connectivity index is 3.03. The fourth-order valence-electron chi connectivity index (χ4n) is 2.86. The number of methoxy groups -OCH3 is 1. The molecule has 0 aromatic rings. The van der Waals surface area contributed by atoms with E-state index in [0.717, 1.165) is 0 Å². The van der Waals surface area contributed by atoms with Crippen molar-refractivity contribution in [2.45, 2.75) is 53.6 Å². The van der Waals surface area contributed by atoms with Gasteiger partial charge >= 0.3 is 0 Å². The Labute approximate surface area is 128 Å². The molecular weight excluding hydrogens is 268 g/mol. The van der Waals surface area contributed by atoms with Crippen LogP contribution in [0.3, 0.4) is 0 Å². The summed E-state index contributed by atoms with van der Waals surface area (Å²) in [7, 11) is 1.65. The smallest absolute Gasteiger partial charge is 0.246 e. The monoisotopic (exact) mass is 298 g/mol. The van der Waals surface area contributed by atoms with Crippen LogP contribution in [0.4, 0.5) is 0 Å². The van der Waals surface area contributed by atoms with Crippen LogP contribution in [0.25, 0.3) is 0 Å². The van der Waals surface area contributed by atoms with E-state index < -0.39 is 12.1 Å². The lowest BCUT2D eigenvalue weighted by molar-refractivity contribution is -0.155. The minimum atomic E-state index is -0.463. The Morgan fingerprint density at radius 2 is 1.81 bits per heavy atom. The normalized spacial score (nSPS) is 25.2. The molecule has 0 spiro atoms. The van der Waals surface area contributed by atoms with E-state index in [1.807, 2.05) is 41.5 Å². The van der Waals surface area contributed by atoms with E-state index in [4.69, 9.17) is 4.74 Å². The van der Waals surface area contributed by atoms with Gasteiger partial charge in [0.2, 0.25) is 11.8 Å². The highest BCUT2D eigenvalue weighted by Crippen LogP contribution is 2.27. The molecule has 1 N–H and O–H groups in total. The van der Waals surface area contributed by atoms with Crippen molar-refractivity contribution in [3.63, 3.8) is 0 Å². The van der Waals surface area contributed by atoms with Gasteiger partial charge in [-0.3, -0.25) is 9.59 Å². The SMILES string of the molecule is COCC(C)CN1C(=O)C(C(C)(C)C)NC(=O)C1C(C)C. The van der Waals surface area contributed by atoms with Crippen LogP contribution in [0.2, 0.25) is 0 Å². The van der Waals surface area contributed by atoms with Gasteiger partial charge in [0, 0.05) is 13.7 Å². The van der Waals surface area contributed by atoms with Crippen LogP contribution in [0.15, 0.2) is 0 Å². The molecule has 0 saturated carbocycles. The van der Waals surface area contributed by atoms with Gasteiger partial charge in [0.05, 0.1) is 6.61 Å². The molecule has 1 fully saturated rings. The maximum atomic E-state index is 12.8. The molecule has 122 valence electrons. The number of nitrogens with zero attached hydrogens (tertiary/aromatic N) is 1. The summed E-state index contributed by atoms with van der Waals surface area (Å²) in [6.07, 6.45) is 0. The summed E-state index contributed by atoms with van der Waals surface area (Å²) in [5.74, 6) is 0.259. The van der Waals surface area contributed by atoms with Gasteiger partial charge in [0.1, 0.15) is 12.1 Å². The second-order valence-electron chi connectivity index (χ2n) is 7.55. The molecule has 1 saturated heterocycles. The topological polar surface area (TPSA) is 58.6 Å². The first kappa shape index (κ1) is 18.0. The van der Waals surface area contributed by atoms with Gasteiger partial charge in [0.15, 0.2) is 0 Å². The number of hydrogen-bond acceptors (Lipinski definition) is 3. The fraction of sp³-hybridized carbons (Fsp3) is 0.875. The maximum absolute atomic E-state index is 12.8. The summed E-state index contributed by atoms with van der Waals surface area (Å²) in [6.45, 7) is 13.0. The third-order valence-corrected chi connectivity index (χ3v) is 3.88. The van der Waals surface area contributed by atoms with Crippen LogP contribution in [0.5, 0.6) is 0 Å². The lowest BCUT2D eigenvalue weighted by Gasteiger charge is -2.45. The molecule has 0 aromatic carbocycles. The number of carbonyl (C=O) groups is 2. The third-order valence-electron chi connectivity index (χ3n) is 3.88. The molecule has 3 atom stereocenters. The number of amides is 2. The molecule has 2 amide bonds. The zero-order valence-electron chi connectivity index (χ0n) is 14.4.